The number of thiazole rings is 2. The summed E-state index contributed by atoms with van der Waals surface area (Å²) in [4.78, 5) is 20.7. The van der Waals surface area contributed by atoms with Crippen LogP contribution in [-0.2, 0) is 6.42 Å². The van der Waals surface area contributed by atoms with E-state index in [0.29, 0.717) is 18.2 Å². The van der Waals surface area contributed by atoms with Crippen molar-refractivity contribution >= 4 is 28.6 Å². The fourth-order valence-electron chi connectivity index (χ4n) is 2.22. The van der Waals surface area contributed by atoms with Crippen LogP contribution in [0.3, 0.4) is 0 Å². The topological polar surface area (TPSA) is 87.3 Å². The van der Waals surface area contributed by atoms with Gasteiger partial charge in [0.1, 0.15) is 11.4 Å². The number of benzene rings is 1. The number of carbonyl (C=O) groups is 1. The smallest absolute Gasteiger partial charge is 0.273 e. The van der Waals surface area contributed by atoms with Gasteiger partial charge in [-0.05, 0) is 19.1 Å². The lowest BCUT2D eigenvalue weighted by Gasteiger charge is -2.08. The normalized spacial score (nSPS) is 10.8. The lowest BCUT2D eigenvalue weighted by Crippen LogP contribution is -2.16. The molecule has 2 N–H and O–H groups in total. The van der Waals surface area contributed by atoms with E-state index in [2.05, 4.69) is 9.97 Å². The monoisotopic (exact) mass is 411 g/mol. The maximum atomic E-state index is 14.1. The maximum absolute atomic E-state index is 14.1. The van der Waals surface area contributed by atoms with Gasteiger partial charge in [0.05, 0.1) is 35.0 Å². The van der Waals surface area contributed by atoms with Crippen molar-refractivity contribution in [2.24, 2.45) is 5.73 Å². The number of hydrogen-bond donors (Lipinski definition) is 1. The summed E-state index contributed by atoms with van der Waals surface area (Å²) in [5.74, 6) is -3.54. The van der Waals surface area contributed by atoms with Gasteiger partial charge in [-0.3, -0.25) is 4.79 Å². The molecule has 0 aliphatic carbocycles. The van der Waals surface area contributed by atoms with Crippen LogP contribution in [0.2, 0.25) is 0 Å². The molecule has 142 valence electrons. The third-order valence-corrected chi connectivity index (χ3v) is 5.27. The summed E-state index contributed by atoms with van der Waals surface area (Å²) in [6.45, 7) is 2.54. The summed E-state index contributed by atoms with van der Waals surface area (Å²) >= 11 is 2.84. The lowest BCUT2D eigenvalue weighted by atomic mass is 10.1. The Morgan fingerprint density at radius 2 is 2.11 bits per heavy atom. The van der Waals surface area contributed by atoms with Gasteiger partial charge in [0, 0.05) is 11.8 Å². The molecule has 3 rings (SSSR count). The van der Waals surface area contributed by atoms with Crippen molar-refractivity contribution in [2.45, 2.75) is 13.3 Å². The van der Waals surface area contributed by atoms with Gasteiger partial charge in [-0.2, -0.15) is 0 Å². The first-order valence-corrected chi connectivity index (χ1v) is 9.63. The molecule has 1 aromatic carbocycles. The van der Waals surface area contributed by atoms with Crippen molar-refractivity contribution in [3.05, 3.63) is 45.9 Å². The molecule has 6 nitrogen and oxygen atoms in total. The summed E-state index contributed by atoms with van der Waals surface area (Å²) in [6.07, 6.45) is 2.12. The Kier molecular flexibility index (Phi) is 5.97. The van der Waals surface area contributed by atoms with E-state index in [1.807, 2.05) is 12.3 Å². The molecule has 0 radical (unpaired) electrons. The number of halogens is 2. The highest BCUT2D eigenvalue weighted by atomic mass is 32.1. The molecular formula is C17H15F2N3O3S2. The molecule has 3 aromatic rings. The van der Waals surface area contributed by atoms with Crippen LogP contribution < -0.4 is 15.2 Å². The zero-order valence-corrected chi connectivity index (χ0v) is 15.8. The minimum absolute atomic E-state index is 0.112. The number of nitrogens with zero attached hydrogens (tertiary/aromatic N) is 2. The molecule has 27 heavy (non-hydrogen) atoms. The van der Waals surface area contributed by atoms with Crippen LogP contribution >= 0.6 is 22.7 Å². The molecule has 0 saturated carbocycles. The van der Waals surface area contributed by atoms with Gasteiger partial charge >= 0.3 is 0 Å². The first kappa shape index (κ1) is 19.2. The van der Waals surface area contributed by atoms with Gasteiger partial charge in [0.15, 0.2) is 11.6 Å². The molecule has 0 atom stereocenters. The molecule has 0 bridgehead atoms. The zero-order valence-electron chi connectivity index (χ0n) is 14.2. The molecule has 10 heteroatoms. The van der Waals surface area contributed by atoms with Crippen molar-refractivity contribution in [1.82, 2.24) is 9.97 Å². The van der Waals surface area contributed by atoms with Crippen LogP contribution in [0, 0.1) is 11.6 Å². The van der Waals surface area contributed by atoms with Crippen LogP contribution in [0.4, 0.5) is 8.78 Å². The fraction of sp³-hybridized carbons (Fsp3) is 0.235. The van der Waals surface area contributed by atoms with Crippen LogP contribution in [-0.4, -0.2) is 29.1 Å². The molecule has 0 aliphatic heterocycles. The molecule has 0 spiro atoms. The minimum atomic E-state index is -1.18. The maximum Gasteiger partial charge on any atom is 0.273 e. The predicted molar refractivity (Wildman–Crippen MR) is 98.5 cm³/mol. The van der Waals surface area contributed by atoms with E-state index >= 15 is 0 Å². The molecular weight excluding hydrogens is 396 g/mol. The van der Waals surface area contributed by atoms with Crippen molar-refractivity contribution < 1.29 is 23.0 Å². The Hall–Kier alpha value is -2.59. The number of rotatable bonds is 8. The molecule has 2 heterocycles. The van der Waals surface area contributed by atoms with Crippen molar-refractivity contribution in [2.75, 3.05) is 13.2 Å². The van der Waals surface area contributed by atoms with Crippen LogP contribution in [0.1, 0.15) is 22.3 Å². The highest BCUT2D eigenvalue weighted by molar-refractivity contribution is 7.17. The quantitative estimate of drug-likeness (QED) is 0.611. The summed E-state index contributed by atoms with van der Waals surface area (Å²) in [7, 11) is 0. The van der Waals surface area contributed by atoms with Crippen LogP contribution in [0.5, 0.6) is 10.9 Å². The van der Waals surface area contributed by atoms with E-state index in [1.54, 1.807) is 6.20 Å². The van der Waals surface area contributed by atoms with Gasteiger partial charge in [0.2, 0.25) is 0 Å². The Bertz CT molecular complexity index is 959. The summed E-state index contributed by atoms with van der Waals surface area (Å²) in [5.41, 5.74) is 4.96. The third kappa shape index (κ3) is 4.40. The average molecular weight is 411 g/mol. The fourth-order valence-corrected chi connectivity index (χ4v) is 3.86. The number of ether oxygens (including phenoxy) is 2. The number of aromatic nitrogens is 2. The molecule has 1 amide bonds. The van der Waals surface area contributed by atoms with E-state index in [4.69, 9.17) is 15.2 Å². The first-order chi connectivity index (χ1) is 13.0. The SMILES string of the molecule is CCOc1ncc(-c2csc(CCOc3ccc(F)c(C(N)=O)c3F)n2)s1. The zero-order chi connectivity index (χ0) is 19.4. The number of primary amides is 1. The standard InChI is InChI=1S/C17H15F2N3O3S2/c1-2-24-17-21-7-12(27-17)10-8-26-13(22-10)5-6-25-11-4-3-9(18)14(15(11)19)16(20)23/h3-4,7-8H,2,5-6H2,1H3,(H2,20,23). The number of amides is 1. The number of hydrogen-bond acceptors (Lipinski definition) is 7. The molecule has 0 unspecified atom stereocenters. The molecule has 0 saturated heterocycles. The van der Waals surface area contributed by atoms with E-state index in [-0.39, 0.29) is 12.4 Å². The average Bonchev–Trinajstić information content (AvgIpc) is 3.26. The Morgan fingerprint density at radius 3 is 2.85 bits per heavy atom. The van der Waals surface area contributed by atoms with Crippen LogP contribution in [0.25, 0.3) is 10.6 Å². The van der Waals surface area contributed by atoms with Gasteiger partial charge in [-0.15, -0.1) is 11.3 Å². The highest BCUT2D eigenvalue weighted by Crippen LogP contribution is 2.31. The summed E-state index contributed by atoms with van der Waals surface area (Å²) in [6, 6.07) is 2.07. The van der Waals surface area contributed by atoms with Gasteiger partial charge < -0.3 is 15.2 Å². The molecule has 0 fully saturated rings. The predicted octanol–water partition coefficient (Wildman–Crippen LogP) is 3.66. The van der Waals surface area contributed by atoms with Gasteiger partial charge in [0.25, 0.3) is 11.1 Å². The van der Waals surface area contributed by atoms with E-state index in [9.17, 15) is 13.6 Å². The highest BCUT2D eigenvalue weighted by Gasteiger charge is 2.19. The van der Waals surface area contributed by atoms with E-state index < -0.39 is 23.1 Å². The van der Waals surface area contributed by atoms with Crippen molar-refractivity contribution in [3.63, 3.8) is 0 Å². The summed E-state index contributed by atoms with van der Waals surface area (Å²) in [5, 5.41) is 3.26. The second-order valence-electron chi connectivity index (χ2n) is 5.25. The van der Waals surface area contributed by atoms with Crippen molar-refractivity contribution in [3.8, 4) is 21.5 Å². The largest absolute Gasteiger partial charge is 0.490 e. The second-order valence-corrected chi connectivity index (χ2v) is 7.18. The van der Waals surface area contributed by atoms with Crippen LogP contribution in [0.15, 0.2) is 23.7 Å². The second kappa shape index (κ2) is 8.40. The Balaban J connectivity index is 1.62. The van der Waals surface area contributed by atoms with Gasteiger partial charge in [-0.25, -0.2) is 18.7 Å². The number of nitrogens with two attached hydrogens (primary N) is 1. The van der Waals surface area contributed by atoms with E-state index in [1.165, 1.54) is 22.7 Å². The summed E-state index contributed by atoms with van der Waals surface area (Å²) < 4.78 is 38.2. The van der Waals surface area contributed by atoms with E-state index in [0.717, 1.165) is 27.7 Å². The Morgan fingerprint density at radius 1 is 1.30 bits per heavy atom. The molecule has 2 aromatic heterocycles. The number of carbonyl (C=O) groups excluding carboxylic acids is 1. The van der Waals surface area contributed by atoms with Gasteiger partial charge in [-0.1, -0.05) is 11.3 Å². The minimum Gasteiger partial charge on any atom is -0.490 e. The lowest BCUT2D eigenvalue weighted by molar-refractivity contribution is 0.0991. The third-order valence-electron chi connectivity index (χ3n) is 3.43. The van der Waals surface area contributed by atoms with Crippen molar-refractivity contribution in [1.29, 1.82) is 0 Å². The first-order valence-electron chi connectivity index (χ1n) is 7.93. The Labute approximate surface area is 161 Å². The molecule has 0 aliphatic rings.